The molecule has 2 aromatic carbocycles. The first-order chi connectivity index (χ1) is 12.4. The van der Waals surface area contributed by atoms with E-state index >= 15 is 0 Å². The van der Waals surface area contributed by atoms with Crippen LogP contribution in [0.5, 0.6) is 11.5 Å². The fourth-order valence-corrected chi connectivity index (χ4v) is 2.83. The summed E-state index contributed by atoms with van der Waals surface area (Å²) in [5.74, 6) is 1.57. The van der Waals surface area contributed by atoms with Crippen molar-refractivity contribution in [2.75, 3.05) is 19.4 Å². The van der Waals surface area contributed by atoms with Crippen LogP contribution in [0, 0.1) is 0 Å². The number of hydrogen-bond donors (Lipinski definition) is 2. The number of aliphatic hydroxyl groups excluding tert-OH is 1. The van der Waals surface area contributed by atoms with Crippen LogP contribution in [0.25, 0.3) is 0 Å². The molecule has 0 spiro atoms. The highest BCUT2D eigenvalue weighted by molar-refractivity contribution is 7.98. The highest BCUT2D eigenvalue weighted by Crippen LogP contribution is 2.32. The quantitative estimate of drug-likeness (QED) is 0.646. The molecule has 0 amide bonds. The van der Waals surface area contributed by atoms with E-state index in [1.807, 2.05) is 54.8 Å². The molecule has 0 saturated heterocycles. The summed E-state index contributed by atoms with van der Waals surface area (Å²) in [6.45, 7) is 7.49. The molecule has 142 valence electrons. The van der Waals surface area contributed by atoms with Gasteiger partial charge >= 0.3 is 0 Å². The fourth-order valence-electron chi connectivity index (χ4n) is 2.27. The second-order valence-electron chi connectivity index (χ2n) is 7.18. The van der Waals surface area contributed by atoms with Gasteiger partial charge in [0.15, 0.2) is 0 Å². The van der Waals surface area contributed by atoms with E-state index in [2.05, 4.69) is 26.1 Å². The Kier molecular flexibility index (Phi) is 7.82. The lowest BCUT2D eigenvalue weighted by Crippen LogP contribution is -2.42. The first-order valence-electron chi connectivity index (χ1n) is 8.78. The SMILES string of the molecule is CSc1cc(OCC(O)CNC(C)(C)C)ccc1OCc1ccccc1. The number of hydrogen-bond acceptors (Lipinski definition) is 5. The second-order valence-corrected chi connectivity index (χ2v) is 8.03. The lowest BCUT2D eigenvalue weighted by molar-refractivity contribution is 0.0999. The number of ether oxygens (including phenoxy) is 2. The second kappa shape index (κ2) is 9.86. The minimum atomic E-state index is -0.555. The minimum absolute atomic E-state index is 0.0231. The van der Waals surface area contributed by atoms with Crippen molar-refractivity contribution in [2.24, 2.45) is 0 Å². The summed E-state index contributed by atoms with van der Waals surface area (Å²) in [5, 5.41) is 13.3. The standard InChI is InChI=1S/C21H29NO3S/c1-21(2,3)22-13-17(23)15-24-18-10-11-19(20(12-18)26-4)25-14-16-8-6-5-7-9-16/h5-12,17,22-23H,13-15H2,1-4H3. The zero-order valence-electron chi connectivity index (χ0n) is 16.0. The Morgan fingerprint density at radius 1 is 1.08 bits per heavy atom. The molecule has 0 aliphatic carbocycles. The Labute approximate surface area is 160 Å². The van der Waals surface area contributed by atoms with Crippen LogP contribution in [-0.2, 0) is 6.61 Å². The van der Waals surface area contributed by atoms with E-state index in [-0.39, 0.29) is 12.1 Å². The van der Waals surface area contributed by atoms with E-state index in [1.54, 1.807) is 11.8 Å². The molecule has 2 aromatic rings. The van der Waals surface area contributed by atoms with Gasteiger partial charge in [0.25, 0.3) is 0 Å². The molecule has 0 aromatic heterocycles. The smallest absolute Gasteiger partial charge is 0.133 e. The first-order valence-corrected chi connectivity index (χ1v) is 10.0. The Morgan fingerprint density at radius 2 is 1.81 bits per heavy atom. The zero-order valence-corrected chi connectivity index (χ0v) is 16.8. The van der Waals surface area contributed by atoms with E-state index < -0.39 is 6.10 Å². The Balaban J connectivity index is 1.89. The van der Waals surface area contributed by atoms with Gasteiger partial charge < -0.3 is 19.9 Å². The van der Waals surface area contributed by atoms with Gasteiger partial charge in [0.05, 0.1) is 4.90 Å². The number of benzene rings is 2. The van der Waals surface area contributed by atoms with E-state index in [1.165, 1.54) is 0 Å². The van der Waals surface area contributed by atoms with E-state index in [4.69, 9.17) is 9.47 Å². The maximum atomic E-state index is 10.0. The van der Waals surface area contributed by atoms with Crippen molar-refractivity contribution in [3.63, 3.8) is 0 Å². The predicted octanol–water partition coefficient (Wildman–Crippen LogP) is 4.12. The van der Waals surface area contributed by atoms with Gasteiger partial charge in [-0.2, -0.15) is 0 Å². The van der Waals surface area contributed by atoms with Gasteiger partial charge in [-0.3, -0.25) is 0 Å². The molecule has 2 rings (SSSR count). The molecule has 0 heterocycles. The summed E-state index contributed by atoms with van der Waals surface area (Å²) in [5.41, 5.74) is 1.11. The lowest BCUT2D eigenvalue weighted by Gasteiger charge is -2.23. The number of rotatable bonds is 9. The van der Waals surface area contributed by atoms with Crippen molar-refractivity contribution < 1.29 is 14.6 Å². The lowest BCUT2D eigenvalue weighted by atomic mass is 10.1. The van der Waals surface area contributed by atoms with Crippen molar-refractivity contribution in [2.45, 2.75) is 43.9 Å². The summed E-state index contributed by atoms with van der Waals surface area (Å²) in [6, 6.07) is 15.8. The van der Waals surface area contributed by atoms with Gasteiger partial charge in [0.1, 0.15) is 30.8 Å². The molecule has 1 unspecified atom stereocenters. The van der Waals surface area contributed by atoms with Gasteiger partial charge in [-0.25, -0.2) is 0 Å². The molecule has 2 N–H and O–H groups in total. The summed E-state index contributed by atoms with van der Waals surface area (Å²) >= 11 is 1.61. The summed E-state index contributed by atoms with van der Waals surface area (Å²) in [6.07, 6.45) is 1.46. The van der Waals surface area contributed by atoms with Crippen molar-refractivity contribution in [3.05, 3.63) is 54.1 Å². The molecular formula is C21H29NO3S. The normalized spacial score (nSPS) is 12.7. The molecular weight excluding hydrogens is 346 g/mol. The summed E-state index contributed by atoms with van der Waals surface area (Å²) < 4.78 is 11.7. The number of thioether (sulfide) groups is 1. The molecule has 0 fully saturated rings. The van der Waals surface area contributed by atoms with Crippen LogP contribution in [-0.4, -0.2) is 36.2 Å². The van der Waals surface area contributed by atoms with Crippen LogP contribution in [0.3, 0.4) is 0 Å². The topological polar surface area (TPSA) is 50.7 Å². The zero-order chi connectivity index (χ0) is 19.0. The third-order valence-electron chi connectivity index (χ3n) is 3.68. The monoisotopic (exact) mass is 375 g/mol. The van der Waals surface area contributed by atoms with Crippen LogP contribution in [0.15, 0.2) is 53.4 Å². The molecule has 1 atom stereocenters. The van der Waals surface area contributed by atoms with Crippen molar-refractivity contribution in [1.82, 2.24) is 5.32 Å². The Morgan fingerprint density at radius 3 is 2.46 bits per heavy atom. The molecule has 0 saturated carbocycles. The van der Waals surface area contributed by atoms with Gasteiger partial charge in [0.2, 0.25) is 0 Å². The van der Waals surface area contributed by atoms with E-state index in [0.29, 0.717) is 13.2 Å². The molecule has 5 heteroatoms. The van der Waals surface area contributed by atoms with Crippen molar-refractivity contribution >= 4 is 11.8 Å². The highest BCUT2D eigenvalue weighted by Gasteiger charge is 2.13. The molecule has 4 nitrogen and oxygen atoms in total. The molecule has 0 radical (unpaired) electrons. The summed E-state index contributed by atoms with van der Waals surface area (Å²) in [4.78, 5) is 1.01. The predicted molar refractivity (Wildman–Crippen MR) is 108 cm³/mol. The van der Waals surface area contributed by atoms with Crippen molar-refractivity contribution in [1.29, 1.82) is 0 Å². The van der Waals surface area contributed by atoms with E-state index in [0.717, 1.165) is 22.0 Å². The average Bonchev–Trinajstić information content (AvgIpc) is 2.63. The molecule has 0 bridgehead atoms. The van der Waals surface area contributed by atoms with E-state index in [9.17, 15) is 5.11 Å². The molecule has 0 aliphatic heterocycles. The van der Waals surface area contributed by atoms with Crippen LogP contribution in [0.2, 0.25) is 0 Å². The first kappa shape index (κ1) is 20.6. The van der Waals surface area contributed by atoms with Crippen LogP contribution >= 0.6 is 11.8 Å². The Hall–Kier alpha value is -1.69. The van der Waals surface area contributed by atoms with Gasteiger partial charge in [-0.15, -0.1) is 11.8 Å². The fraction of sp³-hybridized carbons (Fsp3) is 0.429. The maximum Gasteiger partial charge on any atom is 0.133 e. The number of nitrogens with one attached hydrogen (secondary N) is 1. The maximum absolute atomic E-state index is 10.0. The number of β-amino-alcohol motifs (C(OH)–C–C–N with tert-alkyl or cyclic N) is 1. The van der Waals surface area contributed by atoms with Crippen molar-refractivity contribution in [3.8, 4) is 11.5 Å². The summed E-state index contributed by atoms with van der Waals surface area (Å²) in [7, 11) is 0. The van der Waals surface area contributed by atoms with Crippen LogP contribution in [0.4, 0.5) is 0 Å². The van der Waals surface area contributed by atoms with Gasteiger partial charge in [-0.1, -0.05) is 30.3 Å². The highest BCUT2D eigenvalue weighted by atomic mass is 32.2. The minimum Gasteiger partial charge on any atom is -0.491 e. The van der Waals surface area contributed by atoms with Crippen LogP contribution in [0.1, 0.15) is 26.3 Å². The van der Waals surface area contributed by atoms with Gasteiger partial charge in [0, 0.05) is 12.1 Å². The molecule has 0 aliphatic rings. The largest absolute Gasteiger partial charge is 0.491 e. The Bertz CT molecular complexity index is 671. The number of aliphatic hydroxyl groups is 1. The van der Waals surface area contributed by atoms with Gasteiger partial charge in [-0.05, 0) is 50.8 Å². The third kappa shape index (κ3) is 7.28. The van der Waals surface area contributed by atoms with Crippen LogP contribution < -0.4 is 14.8 Å². The third-order valence-corrected chi connectivity index (χ3v) is 4.44. The molecule has 26 heavy (non-hydrogen) atoms. The average molecular weight is 376 g/mol.